The Morgan fingerprint density at radius 2 is 1.80 bits per heavy atom. The van der Waals surface area contributed by atoms with Gasteiger partial charge in [-0.05, 0) is 19.1 Å². The molecule has 0 aromatic heterocycles. The summed E-state index contributed by atoms with van der Waals surface area (Å²) in [5.74, 6) is -1.45. The number of hydrogen-bond acceptors (Lipinski definition) is 5. The number of carbonyl (C=O) groups excluding carboxylic acids is 4. The highest BCUT2D eigenvalue weighted by Gasteiger charge is 2.20. The molecule has 1 aromatic rings. The van der Waals surface area contributed by atoms with E-state index >= 15 is 0 Å². The minimum Gasteiger partial charge on any atom is -0.449 e. The monoisotopic (exact) mass is 278 g/mol. The summed E-state index contributed by atoms with van der Waals surface area (Å²) in [4.78, 5) is 44.6. The Kier molecular flexibility index (Phi) is 5.40. The van der Waals surface area contributed by atoms with Crippen molar-refractivity contribution in [1.82, 2.24) is 10.6 Å². The van der Waals surface area contributed by atoms with Crippen LogP contribution in [0.1, 0.15) is 27.6 Å². The maximum atomic E-state index is 11.7. The van der Waals surface area contributed by atoms with Gasteiger partial charge in [0.15, 0.2) is 6.10 Å². The third kappa shape index (κ3) is 4.20. The number of benzene rings is 1. The number of hydrogen-bond donors (Lipinski definition) is 2. The Balaban J connectivity index is 2.62. The topological polar surface area (TPSA) is 102 Å². The number of nitrogens with one attached hydrogen (secondary N) is 2. The standard InChI is InChI=1S/C13H14N2O5/c1-8(11(17)15-13(19)14-2)20-12(18)10-5-3-9(7-16)4-6-10/h3-8H,1-2H3,(H2,14,15,17,19)/t8-/m0/s1. The van der Waals surface area contributed by atoms with Gasteiger partial charge in [0.1, 0.15) is 6.29 Å². The molecule has 0 aliphatic carbocycles. The molecule has 0 aliphatic rings. The molecule has 7 nitrogen and oxygen atoms in total. The molecule has 0 spiro atoms. The molecule has 0 saturated heterocycles. The molecular weight excluding hydrogens is 264 g/mol. The van der Waals surface area contributed by atoms with E-state index in [0.29, 0.717) is 11.8 Å². The van der Waals surface area contributed by atoms with Crippen molar-refractivity contribution in [2.24, 2.45) is 0 Å². The fourth-order valence-electron chi connectivity index (χ4n) is 1.26. The maximum absolute atomic E-state index is 11.7. The molecule has 1 rings (SSSR count). The highest BCUT2D eigenvalue weighted by molar-refractivity contribution is 5.98. The Hall–Kier alpha value is -2.70. The predicted molar refractivity (Wildman–Crippen MR) is 69.3 cm³/mol. The highest BCUT2D eigenvalue weighted by atomic mass is 16.5. The third-order valence-electron chi connectivity index (χ3n) is 2.40. The highest BCUT2D eigenvalue weighted by Crippen LogP contribution is 2.06. The first kappa shape index (κ1) is 15.4. The van der Waals surface area contributed by atoms with Gasteiger partial charge < -0.3 is 10.1 Å². The summed E-state index contributed by atoms with van der Waals surface area (Å²) in [7, 11) is 1.36. The van der Waals surface area contributed by atoms with Gasteiger partial charge in [0.25, 0.3) is 5.91 Å². The Morgan fingerprint density at radius 3 is 2.30 bits per heavy atom. The summed E-state index contributed by atoms with van der Waals surface area (Å²) < 4.78 is 4.90. The molecule has 0 fully saturated rings. The molecule has 1 atom stereocenters. The van der Waals surface area contributed by atoms with Gasteiger partial charge in [-0.2, -0.15) is 0 Å². The second-order valence-corrected chi connectivity index (χ2v) is 3.86. The zero-order chi connectivity index (χ0) is 15.1. The molecule has 7 heteroatoms. The predicted octanol–water partition coefficient (Wildman–Crippen LogP) is 0.500. The zero-order valence-electron chi connectivity index (χ0n) is 11.0. The molecule has 0 bridgehead atoms. The molecule has 3 amide bonds. The molecule has 2 N–H and O–H groups in total. The number of urea groups is 1. The third-order valence-corrected chi connectivity index (χ3v) is 2.40. The number of ether oxygens (including phenoxy) is 1. The van der Waals surface area contributed by atoms with Gasteiger partial charge in [-0.1, -0.05) is 12.1 Å². The van der Waals surface area contributed by atoms with Gasteiger partial charge >= 0.3 is 12.0 Å². The van der Waals surface area contributed by atoms with Crippen LogP contribution in [0.25, 0.3) is 0 Å². The van der Waals surface area contributed by atoms with E-state index in [-0.39, 0.29) is 5.56 Å². The van der Waals surface area contributed by atoms with Crippen LogP contribution in [-0.4, -0.2) is 37.3 Å². The van der Waals surface area contributed by atoms with Crippen LogP contribution in [-0.2, 0) is 9.53 Å². The average molecular weight is 278 g/mol. The Morgan fingerprint density at radius 1 is 1.20 bits per heavy atom. The van der Waals surface area contributed by atoms with Crippen molar-refractivity contribution in [1.29, 1.82) is 0 Å². The van der Waals surface area contributed by atoms with Crippen LogP contribution in [0.15, 0.2) is 24.3 Å². The van der Waals surface area contributed by atoms with Gasteiger partial charge in [0, 0.05) is 12.6 Å². The van der Waals surface area contributed by atoms with Gasteiger partial charge in [0.05, 0.1) is 5.56 Å². The lowest BCUT2D eigenvalue weighted by Gasteiger charge is -2.12. The minimum atomic E-state index is -1.12. The van der Waals surface area contributed by atoms with Crippen molar-refractivity contribution < 1.29 is 23.9 Å². The first-order valence-electron chi connectivity index (χ1n) is 5.76. The summed E-state index contributed by atoms with van der Waals surface area (Å²) in [5.41, 5.74) is 0.627. The van der Waals surface area contributed by atoms with Crippen LogP contribution in [0, 0.1) is 0 Å². The minimum absolute atomic E-state index is 0.204. The smallest absolute Gasteiger partial charge is 0.338 e. The molecule has 0 aliphatic heterocycles. The Bertz CT molecular complexity index is 524. The quantitative estimate of drug-likeness (QED) is 0.617. The van der Waals surface area contributed by atoms with Crippen LogP contribution in [0.3, 0.4) is 0 Å². The summed E-state index contributed by atoms with van der Waals surface area (Å²) in [5, 5.41) is 4.20. The SMILES string of the molecule is CNC(=O)NC(=O)[C@H](C)OC(=O)c1ccc(C=O)cc1. The van der Waals surface area contributed by atoms with Crippen LogP contribution in [0.2, 0.25) is 0 Å². The maximum Gasteiger partial charge on any atom is 0.338 e. The van der Waals surface area contributed by atoms with E-state index in [1.165, 1.54) is 38.2 Å². The fourth-order valence-corrected chi connectivity index (χ4v) is 1.26. The molecule has 0 heterocycles. The summed E-state index contributed by atoms with van der Waals surface area (Å²) in [6, 6.07) is 5.05. The number of esters is 1. The lowest BCUT2D eigenvalue weighted by Crippen LogP contribution is -2.43. The van der Waals surface area contributed by atoms with Crippen molar-refractivity contribution in [3.05, 3.63) is 35.4 Å². The largest absolute Gasteiger partial charge is 0.449 e. The Labute approximate surface area is 115 Å². The van der Waals surface area contributed by atoms with Gasteiger partial charge in [0.2, 0.25) is 0 Å². The normalized spacial score (nSPS) is 11.1. The molecule has 0 radical (unpaired) electrons. The van der Waals surface area contributed by atoms with Crippen molar-refractivity contribution >= 4 is 24.2 Å². The average Bonchev–Trinajstić information content (AvgIpc) is 2.46. The van der Waals surface area contributed by atoms with E-state index in [2.05, 4.69) is 5.32 Å². The number of rotatable bonds is 4. The lowest BCUT2D eigenvalue weighted by atomic mass is 10.1. The van der Waals surface area contributed by atoms with Crippen molar-refractivity contribution in [2.45, 2.75) is 13.0 Å². The summed E-state index contributed by atoms with van der Waals surface area (Å²) >= 11 is 0. The fraction of sp³-hybridized carbons (Fsp3) is 0.231. The number of amides is 3. The summed E-state index contributed by atoms with van der Waals surface area (Å²) in [6.45, 7) is 1.34. The van der Waals surface area contributed by atoms with Crippen molar-refractivity contribution in [2.75, 3.05) is 7.05 Å². The second kappa shape index (κ2) is 7.03. The lowest BCUT2D eigenvalue weighted by molar-refractivity contribution is -0.127. The number of carbonyl (C=O) groups is 4. The molecule has 106 valence electrons. The van der Waals surface area contributed by atoms with E-state index in [1.807, 2.05) is 5.32 Å². The summed E-state index contributed by atoms with van der Waals surface area (Å²) in [6.07, 6.45) is -0.472. The molecule has 0 saturated carbocycles. The molecular formula is C13H14N2O5. The van der Waals surface area contributed by atoms with Crippen LogP contribution < -0.4 is 10.6 Å². The second-order valence-electron chi connectivity index (χ2n) is 3.86. The van der Waals surface area contributed by atoms with E-state index in [1.54, 1.807) is 0 Å². The van der Waals surface area contributed by atoms with E-state index in [4.69, 9.17) is 4.74 Å². The van der Waals surface area contributed by atoms with E-state index in [9.17, 15) is 19.2 Å². The van der Waals surface area contributed by atoms with Crippen molar-refractivity contribution in [3.8, 4) is 0 Å². The number of imide groups is 1. The zero-order valence-corrected chi connectivity index (χ0v) is 11.0. The first-order valence-corrected chi connectivity index (χ1v) is 5.76. The van der Waals surface area contributed by atoms with Gasteiger partial charge in [-0.15, -0.1) is 0 Å². The number of aldehydes is 1. The molecule has 20 heavy (non-hydrogen) atoms. The first-order chi connectivity index (χ1) is 9.47. The van der Waals surface area contributed by atoms with Gasteiger partial charge in [-0.25, -0.2) is 9.59 Å². The van der Waals surface area contributed by atoms with Crippen LogP contribution in [0.4, 0.5) is 4.79 Å². The molecule has 1 aromatic carbocycles. The van der Waals surface area contributed by atoms with E-state index < -0.39 is 24.0 Å². The van der Waals surface area contributed by atoms with Crippen LogP contribution in [0.5, 0.6) is 0 Å². The molecule has 0 unspecified atom stereocenters. The van der Waals surface area contributed by atoms with Crippen molar-refractivity contribution in [3.63, 3.8) is 0 Å². The van der Waals surface area contributed by atoms with Crippen LogP contribution >= 0.6 is 0 Å². The van der Waals surface area contributed by atoms with Gasteiger partial charge in [-0.3, -0.25) is 14.9 Å². The van der Waals surface area contributed by atoms with E-state index in [0.717, 1.165) is 0 Å².